The highest BCUT2D eigenvalue weighted by molar-refractivity contribution is 5.87. The monoisotopic (exact) mass is 366 g/mol. The van der Waals surface area contributed by atoms with Crippen molar-refractivity contribution in [1.29, 1.82) is 0 Å². The van der Waals surface area contributed by atoms with Crippen LogP contribution < -0.4 is 0 Å². The summed E-state index contributed by atoms with van der Waals surface area (Å²) in [4.78, 5) is 11.6. The molecule has 0 aliphatic carbocycles. The first-order chi connectivity index (χ1) is 13.1. The van der Waals surface area contributed by atoms with Crippen molar-refractivity contribution in [3.05, 3.63) is 84.5 Å². The maximum absolute atomic E-state index is 11.6. The number of ether oxygens (including phenoxy) is 1. The molecule has 2 rings (SSSR count). The molecule has 4 heteroatoms. The molecule has 0 bridgehead atoms. The second-order valence-electron chi connectivity index (χ2n) is 6.39. The van der Waals surface area contributed by atoms with Crippen molar-refractivity contribution in [2.24, 2.45) is 0 Å². The summed E-state index contributed by atoms with van der Waals surface area (Å²) in [6.07, 6.45) is 3.87. The SMILES string of the molecule is C=CCCc1ccc(-c2ccc(C(CO)COC(=O)C(=C)CO)cc2)cc1. The van der Waals surface area contributed by atoms with Gasteiger partial charge in [0.05, 0.1) is 18.8 Å². The molecule has 0 radical (unpaired) electrons. The maximum atomic E-state index is 11.6. The molecule has 1 unspecified atom stereocenters. The van der Waals surface area contributed by atoms with Crippen LogP contribution in [0.3, 0.4) is 0 Å². The van der Waals surface area contributed by atoms with E-state index in [1.165, 1.54) is 5.56 Å². The summed E-state index contributed by atoms with van der Waals surface area (Å²) >= 11 is 0. The fraction of sp³-hybridized carbons (Fsp3) is 0.261. The molecule has 2 N–H and O–H groups in total. The Labute approximate surface area is 160 Å². The van der Waals surface area contributed by atoms with Gasteiger partial charge in [-0.1, -0.05) is 61.2 Å². The highest BCUT2D eigenvalue weighted by Crippen LogP contribution is 2.24. The standard InChI is InChI=1S/C23H26O4/c1-3-4-5-18-6-8-19(9-7-18)20-10-12-21(13-11-20)22(15-25)16-27-23(26)17(2)14-24/h3,6-13,22,24-25H,1-2,4-5,14-16H2. The molecule has 0 heterocycles. The Morgan fingerprint density at radius 1 is 1.04 bits per heavy atom. The van der Waals surface area contributed by atoms with Crippen LogP contribution >= 0.6 is 0 Å². The maximum Gasteiger partial charge on any atom is 0.335 e. The lowest BCUT2D eigenvalue weighted by Crippen LogP contribution is -2.17. The third-order valence-electron chi connectivity index (χ3n) is 4.42. The van der Waals surface area contributed by atoms with E-state index in [0.29, 0.717) is 0 Å². The van der Waals surface area contributed by atoms with Crippen LogP contribution in [0, 0.1) is 0 Å². The van der Waals surface area contributed by atoms with Gasteiger partial charge in [0, 0.05) is 5.92 Å². The molecular weight excluding hydrogens is 340 g/mol. The molecule has 0 aliphatic rings. The molecule has 4 nitrogen and oxygen atoms in total. The first kappa shape index (κ1) is 20.6. The molecule has 0 saturated heterocycles. The minimum absolute atomic E-state index is 0.00132. The number of rotatable bonds is 10. The van der Waals surface area contributed by atoms with Crippen molar-refractivity contribution < 1.29 is 19.7 Å². The smallest absolute Gasteiger partial charge is 0.335 e. The highest BCUT2D eigenvalue weighted by atomic mass is 16.5. The van der Waals surface area contributed by atoms with Gasteiger partial charge < -0.3 is 14.9 Å². The lowest BCUT2D eigenvalue weighted by molar-refractivity contribution is -0.140. The summed E-state index contributed by atoms with van der Waals surface area (Å²) in [6.45, 7) is 6.62. The quantitative estimate of drug-likeness (QED) is 0.383. The Morgan fingerprint density at radius 3 is 2.15 bits per heavy atom. The first-order valence-corrected chi connectivity index (χ1v) is 8.95. The van der Waals surface area contributed by atoms with Crippen molar-refractivity contribution in [3.8, 4) is 11.1 Å². The van der Waals surface area contributed by atoms with Crippen LogP contribution in [0.4, 0.5) is 0 Å². The third kappa shape index (κ3) is 5.91. The van der Waals surface area contributed by atoms with Gasteiger partial charge in [-0.2, -0.15) is 0 Å². The van der Waals surface area contributed by atoms with Gasteiger partial charge in [-0.05, 0) is 35.1 Å². The van der Waals surface area contributed by atoms with Crippen molar-refractivity contribution in [3.63, 3.8) is 0 Å². The molecule has 0 saturated carbocycles. The number of esters is 1. The predicted octanol–water partition coefficient (Wildman–Crippen LogP) is 3.64. The Bertz CT molecular complexity index is 760. The van der Waals surface area contributed by atoms with E-state index in [1.807, 2.05) is 30.3 Å². The van der Waals surface area contributed by atoms with E-state index in [1.54, 1.807) is 0 Å². The van der Waals surface area contributed by atoms with Gasteiger partial charge in [-0.15, -0.1) is 6.58 Å². The number of carbonyl (C=O) groups excluding carboxylic acids is 1. The number of aryl methyl sites for hydroxylation is 1. The van der Waals surface area contributed by atoms with Crippen LogP contribution in [0.15, 0.2) is 73.3 Å². The zero-order valence-electron chi connectivity index (χ0n) is 15.4. The summed E-state index contributed by atoms with van der Waals surface area (Å²) in [5.74, 6) is -0.972. The molecule has 2 aromatic rings. The van der Waals surface area contributed by atoms with Gasteiger partial charge in [0.15, 0.2) is 0 Å². The number of hydrogen-bond donors (Lipinski definition) is 2. The van der Waals surface area contributed by atoms with Gasteiger partial charge in [0.1, 0.15) is 6.61 Å². The molecule has 0 aliphatic heterocycles. The van der Waals surface area contributed by atoms with Gasteiger partial charge in [-0.25, -0.2) is 4.79 Å². The number of aliphatic hydroxyl groups is 2. The highest BCUT2D eigenvalue weighted by Gasteiger charge is 2.15. The molecule has 0 fully saturated rings. The van der Waals surface area contributed by atoms with E-state index in [0.717, 1.165) is 29.5 Å². The van der Waals surface area contributed by atoms with E-state index in [-0.39, 0.29) is 24.7 Å². The van der Waals surface area contributed by atoms with Crippen LogP contribution in [0.25, 0.3) is 11.1 Å². The van der Waals surface area contributed by atoms with Crippen LogP contribution in [-0.2, 0) is 16.0 Å². The average molecular weight is 366 g/mol. The fourth-order valence-electron chi connectivity index (χ4n) is 2.68. The van der Waals surface area contributed by atoms with Crippen LogP contribution in [0.1, 0.15) is 23.5 Å². The van der Waals surface area contributed by atoms with Gasteiger partial charge in [0.25, 0.3) is 0 Å². The van der Waals surface area contributed by atoms with Crippen molar-refractivity contribution >= 4 is 5.97 Å². The van der Waals surface area contributed by atoms with E-state index < -0.39 is 12.6 Å². The van der Waals surface area contributed by atoms with Gasteiger partial charge >= 0.3 is 5.97 Å². The number of allylic oxidation sites excluding steroid dienone is 1. The molecule has 0 spiro atoms. The van der Waals surface area contributed by atoms with Crippen LogP contribution in [-0.4, -0.2) is 36.0 Å². The second-order valence-corrected chi connectivity index (χ2v) is 6.39. The summed E-state index contributed by atoms with van der Waals surface area (Å²) in [7, 11) is 0. The van der Waals surface area contributed by atoms with Crippen molar-refractivity contribution in [2.45, 2.75) is 18.8 Å². The number of benzene rings is 2. The molecular formula is C23H26O4. The largest absolute Gasteiger partial charge is 0.462 e. The minimum Gasteiger partial charge on any atom is -0.462 e. The molecule has 142 valence electrons. The molecule has 1 atom stereocenters. The Hall–Kier alpha value is -2.69. The summed E-state index contributed by atoms with van der Waals surface area (Å²) in [6, 6.07) is 16.3. The summed E-state index contributed by atoms with van der Waals surface area (Å²) < 4.78 is 5.10. The van der Waals surface area contributed by atoms with E-state index in [9.17, 15) is 9.90 Å². The zero-order valence-corrected chi connectivity index (χ0v) is 15.4. The second kappa shape index (κ2) is 10.5. The lowest BCUT2D eigenvalue weighted by atomic mass is 9.96. The van der Waals surface area contributed by atoms with Crippen LogP contribution in [0.2, 0.25) is 0 Å². The van der Waals surface area contributed by atoms with Gasteiger partial charge in [0.2, 0.25) is 0 Å². The van der Waals surface area contributed by atoms with Crippen LogP contribution in [0.5, 0.6) is 0 Å². The molecule has 2 aromatic carbocycles. The zero-order chi connectivity index (χ0) is 19.6. The van der Waals surface area contributed by atoms with Crippen molar-refractivity contribution in [1.82, 2.24) is 0 Å². The number of carbonyl (C=O) groups is 1. The van der Waals surface area contributed by atoms with Gasteiger partial charge in [-0.3, -0.25) is 0 Å². The number of aliphatic hydroxyl groups excluding tert-OH is 2. The summed E-state index contributed by atoms with van der Waals surface area (Å²) in [5.41, 5.74) is 4.36. The van der Waals surface area contributed by atoms with E-state index >= 15 is 0 Å². The lowest BCUT2D eigenvalue weighted by Gasteiger charge is -2.16. The van der Waals surface area contributed by atoms with E-state index in [2.05, 4.69) is 37.4 Å². The Kier molecular flexibility index (Phi) is 7.99. The Morgan fingerprint density at radius 2 is 1.63 bits per heavy atom. The fourth-order valence-corrected chi connectivity index (χ4v) is 2.68. The Balaban J connectivity index is 2.03. The summed E-state index contributed by atoms with van der Waals surface area (Å²) in [5, 5.41) is 18.5. The average Bonchev–Trinajstić information content (AvgIpc) is 2.72. The predicted molar refractivity (Wildman–Crippen MR) is 107 cm³/mol. The molecule has 0 aromatic heterocycles. The first-order valence-electron chi connectivity index (χ1n) is 8.95. The molecule has 27 heavy (non-hydrogen) atoms. The topological polar surface area (TPSA) is 66.8 Å². The normalized spacial score (nSPS) is 11.6. The minimum atomic E-state index is -0.649. The van der Waals surface area contributed by atoms with E-state index in [4.69, 9.17) is 9.84 Å². The third-order valence-corrected chi connectivity index (χ3v) is 4.42. The van der Waals surface area contributed by atoms with Crippen molar-refractivity contribution in [2.75, 3.05) is 19.8 Å². The molecule has 0 amide bonds. The number of hydrogen-bond acceptors (Lipinski definition) is 4.